The number of ether oxygens (including phenoxy) is 1. The van der Waals surface area contributed by atoms with Crippen LogP contribution in [0.1, 0.15) is 60.9 Å². The first kappa shape index (κ1) is 38.3. The molecular weight excluding hydrogens is 718 g/mol. The van der Waals surface area contributed by atoms with Crippen LogP contribution in [-0.2, 0) is 24.8 Å². The third-order valence-electron chi connectivity index (χ3n) is 12.6. The van der Waals surface area contributed by atoms with E-state index in [-0.39, 0.29) is 64.4 Å². The number of likely N-dealkylation sites (tertiary alicyclic amines) is 2. The number of halogens is 3. The van der Waals surface area contributed by atoms with Gasteiger partial charge >= 0.3 is 5.97 Å². The number of piperidine rings is 1. The van der Waals surface area contributed by atoms with E-state index in [9.17, 15) is 26.8 Å². The van der Waals surface area contributed by atoms with Crippen LogP contribution >= 0.6 is 0 Å². The van der Waals surface area contributed by atoms with E-state index in [1.54, 1.807) is 18.2 Å². The van der Waals surface area contributed by atoms with Gasteiger partial charge in [0.2, 0.25) is 9.84 Å². The van der Waals surface area contributed by atoms with Gasteiger partial charge in [-0.2, -0.15) is 0 Å². The van der Waals surface area contributed by atoms with Crippen LogP contribution in [0.5, 0.6) is 0 Å². The van der Waals surface area contributed by atoms with Crippen LogP contribution in [0.4, 0.5) is 18.9 Å². The summed E-state index contributed by atoms with van der Waals surface area (Å²) in [7, 11) is -2.63. The highest BCUT2D eigenvalue weighted by Crippen LogP contribution is 2.54. The van der Waals surface area contributed by atoms with E-state index in [1.807, 2.05) is 11.0 Å². The topological polar surface area (TPSA) is 113 Å². The summed E-state index contributed by atoms with van der Waals surface area (Å²) in [6.07, 6.45) is 6.14. The molecule has 1 saturated carbocycles. The lowest BCUT2D eigenvalue weighted by Gasteiger charge is -2.54. The maximum Gasteiger partial charge on any atom is 0.305 e. The van der Waals surface area contributed by atoms with Crippen LogP contribution in [0.3, 0.4) is 0 Å². The minimum atomic E-state index is -4.07. The van der Waals surface area contributed by atoms with Gasteiger partial charge in [-0.15, -0.1) is 0 Å². The highest BCUT2D eigenvalue weighted by atomic mass is 32.2. The van der Waals surface area contributed by atoms with Crippen molar-refractivity contribution >= 4 is 27.4 Å². The number of rotatable bonds is 13. The Kier molecular flexibility index (Phi) is 10.9. The Hall–Kier alpha value is -3.94. The summed E-state index contributed by atoms with van der Waals surface area (Å²) in [4.78, 5) is 30.1. The number of anilines is 1. The average molecular weight is 767 g/mol. The molecule has 290 valence electrons. The predicted octanol–water partition coefficient (Wildman–Crippen LogP) is 5.76. The first-order chi connectivity index (χ1) is 25.8. The van der Waals surface area contributed by atoms with Crippen LogP contribution < -0.4 is 10.6 Å². The van der Waals surface area contributed by atoms with Crippen molar-refractivity contribution in [1.29, 1.82) is 0 Å². The Morgan fingerprint density at radius 2 is 1.59 bits per heavy atom. The van der Waals surface area contributed by atoms with Gasteiger partial charge in [0.05, 0.1) is 35.6 Å². The summed E-state index contributed by atoms with van der Waals surface area (Å²) < 4.78 is 76.9. The number of hydrogen-bond acceptors (Lipinski definition) is 8. The van der Waals surface area contributed by atoms with Gasteiger partial charge in [-0.3, -0.25) is 14.5 Å². The van der Waals surface area contributed by atoms with Crippen molar-refractivity contribution in [1.82, 2.24) is 9.80 Å². The maximum atomic E-state index is 16.2. The van der Waals surface area contributed by atoms with Crippen molar-refractivity contribution in [2.75, 3.05) is 64.4 Å². The van der Waals surface area contributed by atoms with Gasteiger partial charge < -0.3 is 20.3 Å². The van der Waals surface area contributed by atoms with Gasteiger partial charge in [0, 0.05) is 30.6 Å². The molecule has 1 amide bonds. The summed E-state index contributed by atoms with van der Waals surface area (Å²) in [5, 5.41) is 0. The van der Waals surface area contributed by atoms with Crippen molar-refractivity contribution in [3.63, 3.8) is 0 Å². The van der Waals surface area contributed by atoms with Crippen LogP contribution in [-0.4, -0.2) is 95.2 Å². The van der Waals surface area contributed by atoms with Crippen LogP contribution in [0.25, 0.3) is 0 Å². The van der Waals surface area contributed by atoms with Gasteiger partial charge in [-0.05, 0) is 136 Å². The number of nitrogens with zero attached hydrogens (tertiary/aromatic N) is 3. The Bertz CT molecular complexity index is 1960. The number of carbonyl (C=O) groups is 2. The van der Waals surface area contributed by atoms with Crippen molar-refractivity contribution in [2.45, 2.75) is 65.8 Å². The quantitative estimate of drug-likeness (QED) is 0.219. The van der Waals surface area contributed by atoms with Gasteiger partial charge in [-0.1, -0.05) is 18.6 Å². The number of alkyl halides is 1. The molecule has 3 aliphatic heterocycles. The molecule has 2 N–H and O–H groups in total. The third kappa shape index (κ3) is 7.51. The van der Waals surface area contributed by atoms with Crippen LogP contribution in [0.15, 0.2) is 76.5 Å². The summed E-state index contributed by atoms with van der Waals surface area (Å²) in [6.45, 7) is 4.89. The number of hydrogen-bond donors (Lipinski definition) is 1. The number of benzene rings is 3. The second-order valence-electron chi connectivity index (χ2n) is 15.8. The minimum absolute atomic E-state index is 0.0509. The summed E-state index contributed by atoms with van der Waals surface area (Å²) >= 11 is 0. The molecule has 7 rings (SSSR count). The molecule has 3 saturated heterocycles. The monoisotopic (exact) mass is 766 g/mol. The highest BCUT2D eigenvalue weighted by molar-refractivity contribution is 7.91. The first-order valence-electron chi connectivity index (χ1n) is 19.0. The number of carbonyl (C=O) groups excluding carboxylic acids is 2. The number of methoxy groups -OCH3 is 1. The van der Waals surface area contributed by atoms with E-state index in [0.29, 0.717) is 12.1 Å². The van der Waals surface area contributed by atoms with E-state index < -0.39 is 32.8 Å². The molecule has 13 heteroatoms. The largest absolute Gasteiger partial charge is 0.469 e. The molecule has 3 atom stereocenters. The molecule has 4 fully saturated rings. The Labute approximate surface area is 315 Å². The fraction of sp³-hybridized carbons (Fsp3) is 0.512. The summed E-state index contributed by atoms with van der Waals surface area (Å²) in [5.74, 6) is -1.86. The number of nitrogens with two attached hydrogens (primary N) is 1. The molecule has 0 bridgehead atoms. The van der Waals surface area contributed by atoms with Gasteiger partial charge in [0.15, 0.2) is 5.67 Å². The van der Waals surface area contributed by atoms with Gasteiger partial charge in [0.25, 0.3) is 5.91 Å². The number of primary amides is 1. The van der Waals surface area contributed by atoms with Gasteiger partial charge in [0.1, 0.15) is 11.6 Å². The predicted molar refractivity (Wildman–Crippen MR) is 199 cm³/mol. The fourth-order valence-corrected chi connectivity index (χ4v) is 11.1. The normalized spacial score (nSPS) is 23.3. The molecule has 3 aromatic rings. The second kappa shape index (κ2) is 15.3. The van der Waals surface area contributed by atoms with E-state index in [2.05, 4.69) is 15.9 Å². The number of sulfone groups is 1. The lowest BCUT2D eigenvalue weighted by molar-refractivity contribution is -0.142. The fourth-order valence-electron chi connectivity index (χ4n) is 9.80. The molecular formula is C41H49F3N4O5S. The number of amides is 1. The van der Waals surface area contributed by atoms with E-state index >= 15 is 4.39 Å². The third-order valence-corrected chi connectivity index (χ3v) is 14.3. The standard InChI is InChI=1S/C41H49F3N4O5S/c1-53-38(49)21-28-5-2-8-36(28)41(27-46-17-4-18-46,30-6-3-7-31(42)22-30)29-15-19-47(20-16-29)24-40(44)25-48(26-40)32-9-11-33(12-10-32)54(51,52)34-13-14-35(39(45)50)37(43)23-34/h3,6-7,9-14,22-23,28-29,36H,2,4-5,8,15-21,24-27H2,1H3,(H2,45,50)/t28-,36+,41+/m1/s1. The first-order valence-corrected chi connectivity index (χ1v) is 20.5. The van der Waals surface area contributed by atoms with Crippen molar-refractivity contribution in [3.8, 4) is 0 Å². The van der Waals surface area contributed by atoms with Gasteiger partial charge in [-0.25, -0.2) is 21.6 Å². The lowest BCUT2D eigenvalue weighted by Crippen LogP contribution is -2.64. The maximum absolute atomic E-state index is 16.2. The molecule has 3 aromatic carbocycles. The zero-order chi connectivity index (χ0) is 38.3. The van der Waals surface area contributed by atoms with E-state index in [1.165, 1.54) is 25.3 Å². The Morgan fingerprint density at radius 3 is 2.20 bits per heavy atom. The summed E-state index contributed by atoms with van der Waals surface area (Å²) in [5.41, 5.74) is 4.66. The summed E-state index contributed by atoms with van der Waals surface area (Å²) in [6, 6.07) is 16.1. The lowest BCUT2D eigenvalue weighted by atomic mass is 9.56. The molecule has 54 heavy (non-hydrogen) atoms. The minimum Gasteiger partial charge on any atom is -0.469 e. The van der Waals surface area contributed by atoms with Crippen molar-refractivity contribution < 1.29 is 35.9 Å². The Morgan fingerprint density at radius 1 is 0.889 bits per heavy atom. The molecule has 3 heterocycles. The smallest absolute Gasteiger partial charge is 0.305 e. The van der Waals surface area contributed by atoms with Crippen LogP contribution in [0, 0.1) is 29.4 Å². The van der Waals surface area contributed by atoms with E-state index in [0.717, 1.165) is 95.0 Å². The second-order valence-corrected chi connectivity index (χ2v) is 17.8. The van der Waals surface area contributed by atoms with E-state index in [4.69, 9.17) is 10.5 Å². The molecule has 1 aliphatic carbocycles. The highest BCUT2D eigenvalue weighted by Gasteiger charge is 2.53. The average Bonchev–Trinajstić information content (AvgIpc) is 3.58. The molecule has 9 nitrogen and oxygen atoms in total. The zero-order valence-electron chi connectivity index (χ0n) is 30.7. The Balaban J connectivity index is 1.02. The molecule has 0 aromatic heterocycles. The van der Waals surface area contributed by atoms with Crippen LogP contribution in [0.2, 0.25) is 0 Å². The molecule has 4 aliphatic rings. The SMILES string of the molecule is COC(=O)C[C@H]1CCC[C@@H]1[C@](CN1CCC1)(c1cccc(F)c1)C1CCN(CC2(F)CN(c3ccc(S(=O)(=O)c4ccc(C(N)=O)c(F)c4)cc3)C2)CC1. The molecule has 0 radical (unpaired) electrons. The van der Waals surface area contributed by atoms with Crippen molar-refractivity contribution in [2.24, 2.45) is 23.5 Å². The molecule has 0 unspecified atom stereocenters. The zero-order valence-corrected chi connectivity index (χ0v) is 31.5. The molecule has 0 spiro atoms. The number of esters is 1. The van der Waals surface area contributed by atoms with Crippen molar-refractivity contribution in [3.05, 3.63) is 89.5 Å².